The molecule has 3 heteroatoms. The van der Waals surface area contributed by atoms with Gasteiger partial charge in [-0.1, -0.05) is 108 Å². The van der Waals surface area contributed by atoms with Gasteiger partial charge in [-0.15, -0.1) is 0 Å². The Hall–Kier alpha value is -4.89. The Morgan fingerprint density at radius 1 is 0.439 bits per heavy atom. The molecule has 0 fully saturated rings. The number of rotatable bonds is 4. The summed E-state index contributed by atoms with van der Waals surface area (Å²) in [5.74, 6) is 2.25. The Bertz CT molecular complexity index is 1790. The monoisotopic (exact) mass is 529 g/mol. The van der Waals surface area contributed by atoms with E-state index >= 15 is 0 Å². The smallest absolute Gasteiger partial charge is 0.164 e. The molecule has 1 aliphatic carbocycles. The van der Waals surface area contributed by atoms with Crippen molar-refractivity contribution in [1.29, 1.82) is 0 Å². The molecule has 0 amide bonds. The highest BCUT2D eigenvalue weighted by atomic mass is 15.0. The summed E-state index contributed by atoms with van der Waals surface area (Å²) in [7, 11) is 0. The SMILES string of the molecule is Cc1ccc2c(c1)-c1cc(C)ccc1C2c1c(C)cc(-c2nc(-c3ccccc3)nc(-c3ccccc3)n2)cc1C. The molecule has 5 aromatic carbocycles. The lowest BCUT2D eigenvalue weighted by Gasteiger charge is -2.21. The predicted octanol–water partition coefficient (Wildman–Crippen LogP) is 9.27. The number of fused-ring (bicyclic) bond motifs is 3. The van der Waals surface area contributed by atoms with Crippen molar-refractivity contribution >= 4 is 0 Å². The van der Waals surface area contributed by atoms with E-state index in [1.54, 1.807) is 0 Å². The Labute approximate surface area is 241 Å². The lowest BCUT2D eigenvalue weighted by Crippen LogP contribution is -2.06. The zero-order valence-electron chi connectivity index (χ0n) is 23.8. The van der Waals surface area contributed by atoms with E-state index in [0.29, 0.717) is 17.5 Å². The third-order valence-electron chi connectivity index (χ3n) is 8.17. The van der Waals surface area contributed by atoms with Crippen LogP contribution in [0.15, 0.2) is 109 Å². The Balaban J connectivity index is 1.39. The molecule has 7 rings (SSSR count). The van der Waals surface area contributed by atoms with E-state index in [1.165, 1.54) is 50.1 Å². The van der Waals surface area contributed by atoms with Crippen molar-refractivity contribution in [2.45, 2.75) is 33.6 Å². The fraction of sp³-hybridized carbons (Fsp3) is 0.132. The number of benzene rings is 5. The second kappa shape index (κ2) is 9.94. The van der Waals surface area contributed by atoms with Crippen molar-refractivity contribution in [3.8, 4) is 45.3 Å². The van der Waals surface area contributed by atoms with Crippen LogP contribution in [0.3, 0.4) is 0 Å². The van der Waals surface area contributed by atoms with Gasteiger partial charge in [0.1, 0.15) is 0 Å². The third kappa shape index (κ3) is 4.44. The van der Waals surface area contributed by atoms with Crippen LogP contribution < -0.4 is 0 Å². The summed E-state index contributed by atoms with van der Waals surface area (Å²) in [6, 6.07) is 38.6. The molecule has 3 nitrogen and oxygen atoms in total. The highest BCUT2D eigenvalue weighted by molar-refractivity contribution is 5.82. The Morgan fingerprint density at radius 2 is 0.854 bits per heavy atom. The average Bonchev–Trinajstić information content (AvgIpc) is 3.29. The molecular formula is C38H31N3. The molecular weight excluding hydrogens is 498 g/mol. The molecule has 0 N–H and O–H groups in total. The molecule has 0 atom stereocenters. The number of aryl methyl sites for hydroxylation is 4. The molecule has 1 heterocycles. The first-order valence-electron chi connectivity index (χ1n) is 14.2. The van der Waals surface area contributed by atoms with Gasteiger partial charge < -0.3 is 0 Å². The van der Waals surface area contributed by atoms with Gasteiger partial charge in [0, 0.05) is 22.6 Å². The normalized spacial score (nSPS) is 12.3. The van der Waals surface area contributed by atoms with E-state index in [2.05, 4.69) is 76.2 Å². The van der Waals surface area contributed by atoms with Gasteiger partial charge >= 0.3 is 0 Å². The molecule has 1 aliphatic rings. The lowest BCUT2D eigenvalue weighted by atomic mass is 9.83. The predicted molar refractivity (Wildman–Crippen MR) is 168 cm³/mol. The zero-order chi connectivity index (χ0) is 28.1. The van der Waals surface area contributed by atoms with Crippen LogP contribution in [0.5, 0.6) is 0 Å². The molecule has 0 saturated carbocycles. The van der Waals surface area contributed by atoms with Crippen molar-refractivity contribution in [2.24, 2.45) is 0 Å². The summed E-state index contributed by atoms with van der Waals surface area (Å²) >= 11 is 0. The molecule has 0 saturated heterocycles. The van der Waals surface area contributed by atoms with Crippen LogP contribution >= 0.6 is 0 Å². The van der Waals surface area contributed by atoms with E-state index in [9.17, 15) is 0 Å². The van der Waals surface area contributed by atoms with Gasteiger partial charge in [0.2, 0.25) is 0 Å². The first kappa shape index (κ1) is 25.1. The number of hydrogen-bond donors (Lipinski definition) is 0. The Morgan fingerprint density at radius 3 is 1.29 bits per heavy atom. The van der Waals surface area contributed by atoms with Crippen molar-refractivity contribution < 1.29 is 0 Å². The number of aromatic nitrogens is 3. The molecule has 41 heavy (non-hydrogen) atoms. The van der Waals surface area contributed by atoms with Crippen LogP contribution in [0.1, 0.15) is 44.9 Å². The minimum Gasteiger partial charge on any atom is -0.208 e. The quantitative estimate of drug-likeness (QED) is 0.228. The maximum absolute atomic E-state index is 4.98. The first-order valence-corrected chi connectivity index (χ1v) is 14.2. The van der Waals surface area contributed by atoms with Crippen LogP contribution in [0.4, 0.5) is 0 Å². The topological polar surface area (TPSA) is 38.7 Å². The van der Waals surface area contributed by atoms with Crippen LogP contribution in [-0.4, -0.2) is 15.0 Å². The second-order valence-electron chi connectivity index (χ2n) is 11.2. The van der Waals surface area contributed by atoms with Crippen LogP contribution in [0.25, 0.3) is 45.3 Å². The largest absolute Gasteiger partial charge is 0.208 e. The molecule has 0 unspecified atom stereocenters. The van der Waals surface area contributed by atoms with E-state index in [-0.39, 0.29) is 5.92 Å². The summed E-state index contributed by atoms with van der Waals surface area (Å²) < 4.78 is 0. The van der Waals surface area contributed by atoms with Crippen molar-refractivity contribution in [2.75, 3.05) is 0 Å². The van der Waals surface area contributed by atoms with E-state index < -0.39 is 0 Å². The van der Waals surface area contributed by atoms with Crippen LogP contribution in [0.2, 0.25) is 0 Å². The van der Waals surface area contributed by atoms with Crippen LogP contribution in [-0.2, 0) is 0 Å². The van der Waals surface area contributed by atoms with Crippen molar-refractivity contribution in [1.82, 2.24) is 15.0 Å². The highest BCUT2D eigenvalue weighted by Crippen LogP contribution is 2.50. The average molecular weight is 530 g/mol. The van der Waals surface area contributed by atoms with Gasteiger partial charge in [0.05, 0.1) is 0 Å². The second-order valence-corrected chi connectivity index (χ2v) is 11.2. The van der Waals surface area contributed by atoms with E-state index in [0.717, 1.165) is 16.7 Å². The molecule has 0 aliphatic heterocycles. The molecule has 0 bridgehead atoms. The fourth-order valence-corrected chi connectivity index (χ4v) is 6.29. The molecule has 0 spiro atoms. The summed E-state index contributed by atoms with van der Waals surface area (Å²) in [6.45, 7) is 8.81. The van der Waals surface area contributed by atoms with Gasteiger partial charge in [-0.25, -0.2) is 15.0 Å². The summed E-state index contributed by atoms with van der Waals surface area (Å²) in [5, 5.41) is 0. The summed E-state index contributed by atoms with van der Waals surface area (Å²) in [6.07, 6.45) is 0. The van der Waals surface area contributed by atoms with Crippen LogP contribution in [0, 0.1) is 27.7 Å². The standard InChI is InChI=1S/C38H31N3/c1-23-15-17-30-32(19-23)33-20-24(2)16-18-31(33)35(30)34-25(3)21-29(22-26(34)4)38-40-36(27-11-7-5-8-12-27)39-37(41-38)28-13-9-6-10-14-28/h5-22,35H,1-4H3. The molecule has 198 valence electrons. The minimum atomic E-state index is 0.202. The fourth-order valence-electron chi connectivity index (χ4n) is 6.29. The lowest BCUT2D eigenvalue weighted by molar-refractivity contribution is 0.976. The van der Waals surface area contributed by atoms with E-state index in [4.69, 9.17) is 15.0 Å². The van der Waals surface area contributed by atoms with Gasteiger partial charge in [-0.2, -0.15) is 0 Å². The van der Waals surface area contributed by atoms with Gasteiger partial charge in [-0.3, -0.25) is 0 Å². The van der Waals surface area contributed by atoms with Crippen molar-refractivity contribution in [3.63, 3.8) is 0 Å². The van der Waals surface area contributed by atoms with Gasteiger partial charge in [0.25, 0.3) is 0 Å². The summed E-state index contributed by atoms with van der Waals surface area (Å²) in [5.41, 5.74) is 14.9. The first-order chi connectivity index (χ1) is 20.0. The molecule has 6 aromatic rings. The van der Waals surface area contributed by atoms with Gasteiger partial charge in [-0.05, 0) is 78.8 Å². The highest BCUT2D eigenvalue weighted by Gasteiger charge is 2.32. The van der Waals surface area contributed by atoms with E-state index in [1.807, 2.05) is 60.7 Å². The zero-order valence-corrected chi connectivity index (χ0v) is 23.8. The number of hydrogen-bond acceptors (Lipinski definition) is 3. The molecule has 1 aromatic heterocycles. The third-order valence-corrected chi connectivity index (χ3v) is 8.17. The molecule has 0 radical (unpaired) electrons. The minimum absolute atomic E-state index is 0.202. The summed E-state index contributed by atoms with van der Waals surface area (Å²) in [4.78, 5) is 14.8. The van der Waals surface area contributed by atoms with Crippen molar-refractivity contribution in [3.05, 3.63) is 148 Å². The maximum Gasteiger partial charge on any atom is 0.164 e. The Kier molecular flexibility index (Phi) is 6.09. The number of nitrogens with zero attached hydrogens (tertiary/aromatic N) is 3. The van der Waals surface area contributed by atoms with Gasteiger partial charge in [0.15, 0.2) is 17.5 Å². The maximum atomic E-state index is 4.98.